The van der Waals surface area contributed by atoms with Crippen molar-refractivity contribution in [2.75, 3.05) is 37.1 Å². The lowest BCUT2D eigenvalue weighted by Crippen LogP contribution is -2.55. The van der Waals surface area contributed by atoms with E-state index in [9.17, 15) is 0 Å². The van der Waals surface area contributed by atoms with E-state index in [1.165, 1.54) is 0 Å². The second kappa shape index (κ2) is 28.1. The molecule has 2 N–H and O–H groups in total. The molecule has 4 fully saturated rings. The molecule has 2 saturated heterocycles. The van der Waals surface area contributed by atoms with Crippen LogP contribution in [0.2, 0.25) is 0 Å². The van der Waals surface area contributed by atoms with E-state index in [1.54, 1.807) is 72.8 Å². The second-order valence-electron chi connectivity index (χ2n) is 30.6. The summed E-state index contributed by atoms with van der Waals surface area (Å²) >= 11 is 0. The number of aryl methyl sites for hydroxylation is 8. The van der Waals surface area contributed by atoms with Crippen LogP contribution in [0.1, 0.15) is 150 Å². The number of anilines is 2. The van der Waals surface area contributed by atoms with Crippen molar-refractivity contribution in [2.24, 2.45) is 11.8 Å². The number of hydrogen-bond donors (Lipinski definition) is 2. The number of imide groups is 2. The number of carbonyl (C=O) groups is 6. The summed E-state index contributed by atoms with van der Waals surface area (Å²) in [5.74, 6) is -1.38. The van der Waals surface area contributed by atoms with Gasteiger partial charge >= 0.3 is 0 Å². The Morgan fingerprint density at radius 1 is 0.352 bits per heavy atom. The highest BCUT2D eigenvalue weighted by Gasteiger charge is 2.49. The zero-order valence-electron chi connectivity index (χ0n) is 61.8. The number of fused-ring (bicyclic) bond motifs is 2. The van der Waals surface area contributed by atoms with Crippen LogP contribution >= 0.6 is 0 Å². The molecule has 0 radical (unpaired) electrons. The molecule has 4 aliphatic heterocycles. The van der Waals surface area contributed by atoms with E-state index in [0.29, 0.717) is 130 Å². The molecule has 18 nitrogen and oxygen atoms in total. The predicted octanol–water partition coefficient (Wildman–Crippen LogP) is 19.3. The van der Waals surface area contributed by atoms with Gasteiger partial charge in [0.05, 0.1) is 35.5 Å². The summed E-state index contributed by atoms with van der Waals surface area (Å²) in [5.41, 5.74) is 8.27. The lowest BCUT2D eigenvalue weighted by Gasteiger charge is -2.39. The fraction of sp³-hybridized carbons (Fsp3) is 0.311. The van der Waals surface area contributed by atoms with Gasteiger partial charge in [0, 0.05) is 54.5 Å². The summed E-state index contributed by atoms with van der Waals surface area (Å²) in [7, 11) is 0. The molecular formula is C90H84N4O14. The summed E-state index contributed by atoms with van der Waals surface area (Å²) in [6.07, 6.45) is 7.35. The van der Waals surface area contributed by atoms with Gasteiger partial charge in [-0.3, -0.25) is 38.6 Å². The van der Waals surface area contributed by atoms with Gasteiger partial charge in [-0.05, 0) is 259 Å². The maximum atomic E-state index is 16.8. The largest absolute Gasteiger partial charge is 0.491 e. The summed E-state index contributed by atoms with van der Waals surface area (Å²) in [5, 5.41) is 8.77. The number of hydrogen-bond acceptors (Lipinski definition) is 14. The first-order valence-electron chi connectivity index (χ1n) is 37.7. The quantitative estimate of drug-likeness (QED) is 0.0280. The van der Waals surface area contributed by atoms with Gasteiger partial charge in [-0.15, -0.1) is 0 Å². The van der Waals surface area contributed by atoms with Gasteiger partial charge in [0.25, 0.3) is 23.6 Å². The van der Waals surface area contributed by atoms with E-state index < -0.39 is 59.4 Å². The van der Waals surface area contributed by atoms with Crippen LogP contribution in [0, 0.1) is 67.2 Å². The number of benzene rings is 11. The zero-order valence-corrected chi connectivity index (χ0v) is 61.8. The van der Waals surface area contributed by atoms with Crippen molar-refractivity contribution in [2.45, 2.75) is 144 Å². The Labute approximate surface area is 625 Å². The van der Waals surface area contributed by atoms with Gasteiger partial charge in [0.2, 0.25) is 11.8 Å². The Hall–Kier alpha value is -11.3. The van der Waals surface area contributed by atoms with Crippen molar-refractivity contribution in [3.8, 4) is 57.5 Å². The van der Waals surface area contributed by atoms with E-state index in [0.717, 1.165) is 92.8 Å². The third-order valence-corrected chi connectivity index (χ3v) is 21.9. The molecule has 2 saturated carbocycles. The smallest absolute Gasteiger partial charge is 0.262 e. The van der Waals surface area contributed by atoms with Gasteiger partial charge in [0.1, 0.15) is 95.0 Å². The number of rotatable bonds is 22. The fourth-order valence-corrected chi connectivity index (χ4v) is 17.2. The molecule has 11 aromatic carbocycles. The third-order valence-electron chi connectivity index (χ3n) is 21.9. The van der Waals surface area contributed by atoms with Crippen LogP contribution in [0.5, 0.6) is 57.5 Å². The Morgan fingerprint density at radius 3 is 0.861 bits per heavy atom. The Morgan fingerprint density at radius 2 is 0.611 bits per heavy atom. The van der Waals surface area contributed by atoms with Crippen molar-refractivity contribution in [3.05, 3.63) is 212 Å². The van der Waals surface area contributed by atoms with Crippen LogP contribution < -0.4 is 39.1 Å². The first-order chi connectivity index (χ1) is 52.2. The van der Waals surface area contributed by atoms with Crippen molar-refractivity contribution in [1.29, 1.82) is 0 Å². The minimum Gasteiger partial charge on any atom is -0.491 e. The molecule has 2 aliphatic carbocycles. The molecule has 6 amide bonds. The molecular weight excluding hydrogens is 1360 g/mol. The molecule has 4 atom stereocenters. The SMILES string of the molecule is Cc1cc(C)cc(Oc2cc3c4c(cc(Oc5cc(C)cc(C)c5)c5c6c(Oc7cc(C)cc(C)c7)cc7c8c(cc(Oc9cc(C)cc(C)c9)c(c2c45)c86)C(=O)N(C(C(=O)Nc2ccc(OCC4CO4)cc2)C2CCCCC2)C7=O)C(=O)N(C(C(=O)Nc2ccc(OCC4CO4)cc2)C2CCCCC2)C3=O)c1. The first kappa shape index (κ1) is 69.7. The summed E-state index contributed by atoms with van der Waals surface area (Å²) in [6.45, 7) is 17.8. The molecule has 6 aliphatic rings. The minimum absolute atomic E-state index is 0.0377. The molecule has 11 aromatic rings. The van der Waals surface area contributed by atoms with Crippen LogP contribution in [-0.4, -0.2) is 96.0 Å². The van der Waals surface area contributed by atoms with E-state index in [-0.39, 0.29) is 68.2 Å². The summed E-state index contributed by atoms with van der Waals surface area (Å²) in [6, 6.07) is 41.4. The average molecular weight is 1450 g/mol. The van der Waals surface area contributed by atoms with Crippen molar-refractivity contribution in [1.82, 2.24) is 9.80 Å². The van der Waals surface area contributed by atoms with Gasteiger partial charge in [-0.2, -0.15) is 0 Å². The van der Waals surface area contributed by atoms with Crippen LogP contribution in [0.25, 0.3) is 43.1 Å². The standard InChI is InChI=1S/C90H84N4O14/c1-47-27-48(2)32-61(31-47)105-71-39-67-75-68(88(98)93(87(67)97)83(55-15-11-9-12-16-55)85(95)91-57-19-23-59(24-20-57)101-43-65-45-103-65)41-73(107-63-35-51(5)29-52(6)36-63)79-80-74(108-64-37-53(7)30-54(8)38-64)42-70-76-69(40-72(78(82(76)80)77(71)81(75)79)106-62-33-49(3)28-50(4)34-62)89(99)94(90(70)100)84(56-17-13-10-14-18-56)86(96)92-58-21-25-60(26-22-58)102-44-66-46-104-66/h19-42,55-56,65-66,83-84H,9-18,43-46H2,1-8H3,(H,91,95)(H,92,96). The number of carbonyl (C=O) groups excluding carboxylic acids is 6. The van der Waals surface area contributed by atoms with Crippen LogP contribution in [0.15, 0.2) is 146 Å². The van der Waals surface area contributed by atoms with E-state index in [2.05, 4.69) is 10.6 Å². The molecule has 0 aromatic heterocycles. The highest BCUT2D eigenvalue weighted by Crippen LogP contribution is 2.59. The Kier molecular flexibility index (Phi) is 18.1. The van der Waals surface area contributed by atoms with E-state index in [4.69, 9.17) is 37.9 Å². The normalized spacial score (nSPS) is 17.7. The fourth-order valence-electron chi connectivity index (χ4n) is 17.2. The van der Waals surface area contributed by atoms with E-state index >= 15 is 28.8 Å². The molecule has 18 heteroatoms. The van der Waals surface area contributed by atoms with Gasteiger partial charge in [-0.25, -0.2) is 0 Å². The predicted molar refractivity (Wildman–Crippen MR) is 414 cm³/mol. The van der Waals surface area contributed by atoms with Gasteiger partial charge < -0.3 is 48.5 Å². The Bertz CT molecular complexity index is 4880. The van der Waals surface area contributed by atoms with Crippen molar-refractivity contribution < 1.29 is 66.7 Å². The van der Waals surface area contributed by atoms with Gasteiger partial charge in [-0.1, -0.05) is 62.8 Å². The monoisotopic (exact) mass is 1440 g/mol. The number of ether oxygens (including phenoxy) is 8. The lowest BCUT2D eigenvalue weighted by atomic mass is 9.78. The molecule has 548 valence electrons. The zero-order chi connectivity index (χ0) is 74.5. The van der Waals surface area contributed by atoms with Crippen molar-refractivity contribution >= 4 is 89.9 Å². The average Bonchev–Trinajstić information content (AvgIpc) is 1.00. The second-order valence-corrected chi connectivity index (χ2v) is 30.6. The first-order valence-corrected chi connectivity index (χ1v) is 37.7. The van der Waals surface area contributed by atoms with Crippen LogP contribution in [-0.2, 0) is 19.1 Å². The number of nitrogens with one attached hydrogen (secondary N) is 2. The minimum atomic E-state index is -1.29. The maximum Gasteiger partial charge on any atom is 0.262 e. The third kappa shape index (κ3) is 13.4. The number of nitrogens with zero attached hydrogens (tertiary/aromatic N) is 2. The lowest BCUT2D eigenvalue weighted by molar-refractivity contribution is -0.122. The Balaban J connectivity index is 0.955. The summed E-state index contributed by atoms with van der Waals surface area (Å²) in [4.78, 5) is 101. The van der Waals surface area contributed by atoms with E-state index in [1.807, 2.05) is 128 Å². The number of epoxide rings is 2. The highest BCUT2D eigenvalue weighted by molar-refractivity contribution is 6.45. The molecule has 4 heterocycles. The maximum absolute atomic E-state index is 16.8. The highest BCUT2D eigenvalue weighted by atomic mass is 16.6. The van der Waals surface area contributed by atoms with Gasteiger partial charge in [0.15, 0.2) is 0 Å². The van der Waals surface area contributed by atoms with Crippen molar-refractivity contribution in [3.63, 3.8) is 0 Å². The molecule has 4 unspecified atom stereocenters. The molecule has 0 bridgehead atoms. The van der Waals surface area contributed by atoms with Crippen LogP contribution in [0.3, 0.4) is 0 Å². The summed E-state index contributed by atoms with van der Waals surface area (Å²) < 4.78 is 52.4. The molecule has 108 heavy (non-hydrogen) atoms. The topological polar surface area (TPSA) is 213 Å². The number of amides is 6. The molecule has 17 rings (SSSR count). The molecule has 0 spiro atoms. The van der Waals surface area contributed by atoms with Crippen LogP contribution in [0.4, 0.5) is 11.4 Å².